The average Bonchev–Trinajstić information content (AvgIpc) is 2.75. The summed E-state index contributed by atoms with van der Waals surface area (Å²) >= 11 is 0. The molecule has 1 N–H and O–H groups in total. The zero-order chi connectivity index (χ0) is 12.3. The van der Waals surface area contributed by atoms with Crippen molar-refractivity contribution in [3.63, 3.8) is 0 Å². The van der Waals surface area contributed by atoms with Gasteiger partial charge in [0.05, 0.1) is 13.2 Å². The van der Waals surface area contributed by atoms with Crippen LogP contribution in [0.2, 0.25) is 0 Å². The minimum Gasteiger partial charge on any atom is -0.488 e. The van der Waals surface area contributed by atoms with Crippen LogP contribution in [-0.4, -0.2) is 31.7 Å². The number of fused-ring (bicyclic) bond motifs is 1. The average molecular weight is 240 g/mol. The van der Waals surface area contributed by atoms with E-state index in [9.17, 15) is 5.11 Å². The Kier molecular flexibility index (Phi) is 3.71. The second-order valence-corrected chi connectivity index (χ2v) is 3.86. The van der Waals surface area contributed by atoms with Crippen molar-refractivity contribution in [2.45, 2.75) is 19.6 Å². The number of aliphatic hydroxyl groups excluding tert-OH is 1. The SMILES string of the molecule is COCC(C)Oc1cc2c(cc1CO)OCO2. The van der Waals surface area contributed by atoms with Gasteiger partial charge in [-0.3, -0.25) is 0 Å². The lowest BCUT2D eigenvalue weighted by Gasteiger charge is -2.16. The number of aliphatic hydroxyl groups is 1. The minimum atomic E-state index is -0.105. The fourth-order valence-corrected chi connectivity index (χ4v) is 1.68. The second-order valence-electron chi connectivity index (χ2n) is 3.86. The van der Waals surface area contributed by atoms with Gasteiger partial charge in [0.2, 0.25) is 6.79 Å². The van der Waals surface area contributed by atoms with Crippen LogP contribution in [0.1, 0.15) is 12.5 Å². The fourth-order valence-electron chi connectivity index (χ4n) is 1.68. The molecule has 0 aliphatic carbocycles. The quantitative estimate of drug-likeness (QED) is 0.841. The van der Waals surface area contributed by atoms with E-state index in [2.05, 4.69) is 0 Å². The Labute approximate surface area is 99.9 Å². The summed E-state index contributed by atoms with van der Waals surface area (Å²) in [6.45, 7) is 2.48. The number of methoxy groups -OCH3 is 1. The van der Waals surface area contributed by atoms with Crippen LogP contribution in [0, 0.1) is 0 Å². The van der Waals surface area contributed by atoms with E-state index in [1.165, 1.54) is 0 Å². The van der Waals surface area contributed by atoms with Crippen LogP contribution in [-0.2, 0) is 11.3 Å². The molecule has 0 spiro atoms. The van der Waals surface area contributed by atoms with Crippen molar-refractivity contribution in [2.75, 3.05) is 20.5 Å². The molecular weight excluding hydrogens is 224 g/mol. The zero-order valence-corrected chi connectivity index (χ0v) is 9.93. The van der Waals surface area contributed by atoms with Crippen molar-refractivity contribution >= 4 is 0 Å². The van der Waals surface area contributed by atoms with Crippen molar-refractivity contribution < 1.29 is 24.1 Å². The van der Waals surface area contributed by atoms with Crippen LogP contribution in [0.15, 0.2) is 12.1 Å². The summed E-state index contributed by atoms with van der Waals surface area (Å²) in [5.41, 5.74) is 0.678. The van der Waals surface area contributed by atoms with Crippen LogP contribution in [0.4, 0.5) is 0 Å². The maximum absolute atomic E-state index is 9.28. The van der Waals surface area contributed by atoms with Crippen molar-refractivity contribution in [2.24, 2.45) is 0 Å². The number of hydrogen-bond donors (Lipinski definition) is 1. The highest BCUT2D eigenvalue weighted by atomic mass is 16.7. The van der Waals surface area contributed by atoms with Crippen LogP contribution in [0.5, 0.6) is 17.2 Å². The van der Waals surface area contributed by atoms with Gasteiger partial charge in [0.25, 0.3) is 0 Å². The van der Waals surface area contributed by atoms with E-state index in [0.29, 0.717) is 29.4 Å². The molecule has 17 heavy (non-hydrogen) atoms. The molecule has 1 aromatic carbocycles. The van der Waals surface area contributed by atoms with Crippen LogP contribution >= 0.6 is 0 Å². The van der Waals surface area contributed by atoms with Crippen molar-refractivity contribution in [3.05, 3.63) is 17.7 Å². The second kappa shape index (κ2) is 5.25. The third-order valence-corrected chi connectivity index (χ3v) is 2.46. The molecule has 94 valence electrons. The number of rotatable bonds is 5. The van der Waals surface area contributed by atoms with E-state index in [4.69, 9.17) is 18.9 Å². The summed E-state index contributed by atoms with van der Waals surface area (Å²) in [5.74, 6) is 1.88. The highest BCUT2D eigenvalue weighted by Gasteiger charge is 2.18. The molecule has 0 fully saturated rings. The van der Waals surface area contributed by atoms with Crippen molar-refractivity contribution in [1.82, 2.24) is 0 Å². The van der Waals surface area contributed by atoms with Gasteiger partial charge in [-0.2, -0.15) is 0 Å². The lowest BCUT2D eigenvalue weighted by molar-refractivity contribution is 0.0901. The zero-order valence-electron chi connectivity index (χ0n) is 9.93. The minimum absolute atomic E-state index is 0.0920. The lowest BCUT2D eigenvalue weighted by Crippen LogP contribution is -2.18. The van der Waals surface area contributed by atoms with E-state index in [1.807, 2.05) is 6.92 Å². The molecule has 0 radical (unpaired) electrons. The molecule has 5 nitrogen and oxygen atoms in total. The largest absolute Gasteiger partial charge is 0.488 e. The molecule has 1 aromatic rings. The standard InChI is InChI=1S/C12H16O5/c1-8(6-14-2)17-10-4-12-11(15-7-16-12)3-9(10)5-13/h3-4,8,13H,5-7H2,1-2H3. The van der Waals surface area contributed by atoms with Gasteiger partial charge in [-0.25, -0.2) is 0 Å². The lowest BCUT2D eigenvalue weighted by atomic mass is 10.2. The summed E-state index contributed by atoms with van der Waals surface area (Å²) < 4.78 is 21.2. The summed E-state index contributed by atoms with van der Waals surface area (Å²) in [4.78, 5) is 0. The first kappa shape index (κ1) is 12.0. The maximum Gasteiger partial charge on any atom is 0.231 e. The van der Waals surface area contributed by atoms with Crippen LogP contribution in [0.3, 0.4) is 0 Å². The van der Waals surface area contributed by atoms with Crippen LogP contribution in [0.25, 0.3) is 0 Å². The number of benzene rings is 1. The predicted octanol–water partition coefficient (Wildman–Crippen LogP) is 1.32. The number of hydrogen-bond acceptors (Lipinski definition) is 5. The molecule has 1 unspecified atom stereocenters. The fraction of sp³-hybridized carbons (Fsp3) is 0.500. The van der Waals surface area contributed by atoms with Gasteiger partial charge in [0, 0.05) is 18.7 Å². The van der Waals surface area contributed by atoms with E-state index < -0.39 is 0 Å². The molecule has 0 amide bonds. The van der Waals surface area contributed by atoms with Gasteiger partial charge in [-0.15, -0.1) is 0 Å². The van der Waals surface area contributed by atoms with E-state index in [-0.39, 0.29) is 19.5 Å². The molecule has 0 saturated heterocycles. The first-order valence-electron chi connectivity index (χ1n) is 5.43. The van der Waals surface area contributed by atoms with Gasteiger partial charge < -0.3 is 24.1 Å². The number of ether oxygens (including phenoxy) is 4. The van der Waals surface area contributed by atoms with Gasteiger partial charge in [-0.05, 0) is 13.0 Å². The Bertz CT molecular complexity index is 391. The Balaban J connectivity index is 2.20. The van der Waals surface area contributed by atoms with E-state index in [0.717, 1.165) is 0 Å². The van der Waals surface area contributed by atoms with Crippen molar-refractivity contribution in [1.29, 1.82) is 0 Å². The molecule has 0 aromatic heterocycles. The Morgan fingerprint density at radius 2 is 2.06 bits per heavy atom. The first-order valence-corrected chi connectivity index (χ1v) is 5.43. The van der Waals surface area contributed by atoms with Gasteiger partial charge >= 0.3 is 0 Å². The predicted molar refractivity (Wildman–Crippen MR) is 60.5 cm³/mol. The topological polar surface area (TPSA) is 57.2 Å². The third kappa shape index (κ3) is 2.62. The maximum atomic E-state index is 9.28. The molecule has 0 bridgehead atoms. The van der Waals surface area contributed by atoms with Gasteiger partial charge in [0.1, 0.15) is 11.9 Å². The molecule has 5 heteroatoms. The highest BCUT2D eigenvalue weighted by Crippen LogP contribution is 2.38. The summed E-state index contributed by atoms with van der Waals surface area (Å²) in [7, 11) is 1.62. The monoisotopic (exact) mass is 240 g/mol. The Hall–Kier alpha value is -1.46. The summed E-state index contributed by atoms with van der Waals surface area (Å²) in [5, 5.41) is 9.28. The molecule has 1 aliphatic rings. The van der Waals surface area contributed by atoms with Crippen molar-refractivity contribution in [3.8, 4) is 17.2 Å². The summed E-state index contributed by atoms with van der Waals surface area (Å²) in [6.07, 6.45) is -0.0920. The highest BCUT2D eigenvalue weighted by molar-refractivity contribution is 5.51. The molecule has 0 saturated carbocycles. The Morgan fingerprint density at radius 3 is 2.71 bits per heavy atom. The first-order chi connectivity index (χ1) is 8.24. The van der Waals surface area contributed by atoms with Crippen LogP contribution < -0.4 is 14.2 Å². The summed E-state index contributed by atoms with van der Waals surface area (Å²) in [6, 6.07) is 3.47. The van der Waals surface area contributed by atoms with Gasteiger partial charge in [0.15, 0.2) is 11.5 Å². The van der Waals surface area contributed by atoms with E-state index >= 15 is 0 Å². The molecule has 1 atom stereocenters. The smallest absolute Gasteiger partial charge is 0.231 e. The normalized spacial score (nSPS) is 14.8. The molecule has 2 rings (SSSR count). The van der Waals surface area contributed by atoms with E-state index in [1.54, 1.807) is 19.2 Å². The third-order valence-electron chi connectivity index (χ3n) is 2.46. The molecule has 1 heterocycles. The Morgan fingerprint density at radius 1 is 1.35 bits per heavy atom. The van der Waals surface area contributed by atoms with Gasteiger partial charge in [-0.1, -0.05) is 0 Å². The molecular formula is C12H16O5. The molecule has 1 aliphatic heterocycles.